The number of rotatable bonds is 1. The van der Waals surface area contributed by atoms with Crippen LogP contribution in [0.3, 0.4) is 0 Å². The normalized spacial score (nSPS) is 16.9. The van der Waals surface area contributed by atoms with Gasteiger partial charge in [-0.2, -0.15) is 0 Å². The molecule has 0 atom stereocenters. The Bertz CT molecular complexity index is 68.1. The van der Waals surface area contributed by atoms with E-state index in [1.807, 2.05) is 33.8 Å². The number of hydrogen-bond acceptors (Lipinski definition) is 0. The van der Waals surface area contributed by atoms with Gasteiger partial charge in [0.05, 0.1) is 0 Å². The Morgan fingerprint density at radius 1 is 1.10 bits per heavy atom. The second-order valence-corrected chi connectivity index (χ2v) is 2.36. The summed E-state index contributed by atoms with van der Waals surface area (Å²) in [4.78, 5) is 0. The summed E-state index contributed by atoms with van der Waals surface area (Å²) in [6.07, 6.45) is 4.76. The van der Waals surface area contributed by atoms with Crippen LogP contribution in [0.5, 0.6) is 0 Å². The van der Waals surface area contributed by atoms with Crippen LogP contribution in [0.15, 0.2) is 12.7 Å². The molecule has 1 saturated carbocycles. The number of hydrogen-bond donors (Lipinski definition) is 0. The summed E-state index contributed by atoms with van der Waals surface area (Å²) in [6, 6.07) is 0. The average molecular weight is 142 g/mol. The van der Waals surface area contributed by atoms with Crippen LogP contribution in [-0.2, 0) is 0 Å². The van der Waals surface area contributed by atoms with Crippen LogP contribution >= 0.6 is 0 Å². The van der Waals surface area contributed by atoms with E-state index in [0.717, 1.165) is 0 Å². The van der Waals surface area contributed by atoms with E-state index < -0.39 is 0 Å². The quantitative estimate of drug-likeness (QED) is 0.485. The van der Waals surface area contributed by atoms with E-state index in [1.54, 1.807) is 0 Å². The molecule has 0 heteroatoms. The second kappa shape index (κ2) is 6.85. The van der Waals surface area contributed by atoms with Gasteiger partial charge in [-0.25, -0.2) is 0 Å². The fourth-order valence-electron chi connectivity index (χ4n) is 0.401. The van der Waals surface area contributed by atoms with E-state index in [9.17, 15) is 0 Å². The Morgan fingerprint density at radius 3 is 1.40 bits per heavy atom. The Labute approximate surface area is 66.3 Å². The molecule has 10 heavy (non-hydrogen) atoms. The van der Waals surface area contributed by atoms with Gasteiger partial charge in [0, 0.05) is 0 Å². The maximum Gasteiger partial charge on any atom is -0.0149 e. The summed E-state index contributed by atoms with van der Waals surface area (Å²) in [5.41, 5.74) is 0.556. The predicted molar refractivity (Wildman–Crippen MR) is 50.2 cm³/mol. The molecular formula is C10H22. The molecule has 0 aliphatic heterocycles. The van der Waals surface area contributed by atoms with Gasteiger partial charge >= 0.3 is 0 Å². The first-order valence-electron chi connectivity index (χ1n) is 4.40. The summed E-state index contributed by atoms with van der Waals surface area (Å²) in [7, 11) is 0. The lowest BCUT2D eigenvalue weighted by molar-refractivity contribution is 0.750. The van der Waals surface area contributed by atoms with Crippen LogP contribution < -0.4 is 0 Å². The average Bonchev–Trinajstić information content (AvgIpc) is 2.77. The van der Waals surface area contributed by atoms with Crippen LogP contribution in [0.2, 0.25) is 0 Å². The van der Waals surface area contributed by atoms with Crippen LogP contribution in [0.4, 0.5) is 0 Å². The van der Waals surface area contributed by atoms with Gasteiger partial charge in [0.1, 0.15) is 0 Å². The predicted octanol–water partition coefficient (Wildman–Crippen LogP) is 4.02. The molecule has 0 aromatic carbocycles. The van der Waals surface area contributed by atoms with Crippen molar-refractivity contribution in [2.75, 3.05) is 0 Å². The summed E-state index contributed by atoms with van der Waals surface area (Å²) in [6.45, 7) is 13.9. The smallest absolute Gasteiger partial charge is 0.0149 e. The van der Waals surface area contributed by atoms with Crippen molar-refractivity contribution in [3.63, 3.8) is 0 Å². The molecule has 0 radical (unpaired) electrons. The molecule has 0 bridgehead atoms. The van der Waals surface area contributed by atoms with Gasteiger partial charge in [0.15, 0.2) is 0 Å². The van der Waals surface area contributed by atoms with Gasteiger partial charge in [0.2, 0.25) is 0 Å². The highest BCUT2D eigenvalue weighted by Gasteiger charge is 2.32. The van der Waals surface area contributed by atoms with Crippen LogP contribution in [0, 0.1) is 5.41 Å². The largest absolute Gasteiger partial charge is 0.103 e. The number of allylic oxidation sites excluding steroid dienone is 1. The van der Waals surface area contributed by atoms with Crippen molar-refractivity contribution in [3.05, 3.63) is 12.7 Å². The second-order valence-electron chi connectivity index (χ2n) is 2.36. The van der Waals surface area contributed by atoms with Gasteiger partial charge in [-0.15, -0.1) is 6.58 Å². The standard InChI is InChI=1S/C6H10.2C2H6/c1-3-6(2)4-5-6;2*1-2/h3H,1,4-5H2,2H3;2*1-2H3. The zero-order valence-corrected chi connectivity index (χ0v) is 8.20. The summed E-state index contributed by atoms with van der Waals surface area (Å²) >= 11 is 0. The maximum atomic E-state index is 3.69. The first-order chi connectivity index (χ1) is 4.77. The molecule has 0 saturated heterocycles. The molecule has 0 unspecified atom stereocenters. The van der Waals surface area contributed by atoms with E-state index in [0.29, 0.717) is 5.41 Å². The molecule has 0 nitrogen and oxygen atoms in total. The molecule has 0 heterocycles. The zero-order valence-electron chi connectivity index (χ0n) is 8.20. The first kappa shape index (κ1) is 12.4. The molecule has 1 fully saturated rings. The van der Waals surface area contributed by atoms with Crippen molar-refractivity contribution < 1.29 is 0 Å². The maximum absolute atomic E-state index is 3.69. The van der Waals surface area contributed by atoms with Gasteiger partial charge in [-0.05, 0) is 18.3 Å². The highest BCUT2D eigenvalue weighted by molar-refractivity contribution is 5.02. The van der Waals surface area contributed by atoms with Crippen molar-refractivity contribution in [1.82, 2.24) is 0 Å². The van der Waals surface area contributed by atoms with Gasteiger partial charge in [-0.1, -0.05) is 40.7 Å². The Hall–Kier alpha value is -0.260. The molecule has 62 valence electrons. The fraction of sp³-hybridized carbons (Fsp3) is 0.800. The van der Waals surface area contributed by atoms with E-state index in [4.69, 9.17) is 0 Å². The van der Waals surface area contributed by atoms with Gasteiger partial charge in [-0.3, -0.25) is 0 Å². The minimum atomic E-state index is 0.556. The van der Waals surface area contributed by atoms with Gasteiger partial charge in [0.25, 0.3) is 0 Å². The van der Waals surface area contributed by atoms with E-state index >= 15 is 0 Å². The summed E-state index contributed by atoms with van der Waals surface area (Å²) in [5, 5.41) is 0. The van der Waals surface area contributed by atoms with Gasteiger partial charge < -0.3 is 0 Å². The third kappa shape index (κ3) is 5.87. The molecular weight excluding hydrogens is 120 g/mol. The Morgan fingerprint density at radius 2 is 1.40 bits per heavy atom. The highest BCUT2D eigenvalue weighted by Crippen LogP contribution is 2.45. The lowest BCUT2D eigenvalue weighted by atomic mass is 10.1. The van der Waals surface area contributed by atoms with Crippen LogP contribution in [0.25, 0.3) is 0 Å². The van der Waals surface area contributed by atoms with Crippen molar-refractivity contribution in [1.29, 1.82) is 0 Å². The van der Waals surface area contributed by atoms with E-state index in [-0.39, 0.29) is 0 Å². The highest BCUT2D eigenvalue weighted by atomic mass is 14.4. The zero-order chi connectivity index (χ0) is 8.62. The lowest BCUT2D eigenvalue weighted by Gasteiger charge is -1.90. The molecule has 1 rings (SSSR count). The van der Waals surface area contributed by atoms with E-state index in [2.05, 4.69) is 13.5 Å². The third-order valence-corrected chi connectivity index (χ3v) is 1.53. The van der Waals surface area contributed by atoms with Crippen molar-refractivity contribution in [2.45, 2.75) is 47.5 Å². The first-order valence-corrected chi connectivity index (χ1v) is 4.40. The fourth-order valence-corrected chi connectivity index (χ4v) is 0.401. The lowest BCUT2D eigenvalue weighted by Crippen LogP contribution is -1.79. The van der Waals surface area contributed by atoms with Crippen LogP contribution in [0.1, 0.15) is 47.5 Å². The Balaban J connectivity index is 0. The third-order valence-electron chi connectivity index (χ3n) is 1.53. The summed E-state index contributed by atoms with van der Waals surface area (Å²) in [5.74, 6) is 0. The SMILES string of the molecule is C=CC1(C)CC1.CC.CC. The molecule has 0 aromatic rings. The topological polar surface area (TPSA) is 0 Å². The summed E-state index contributed by atoms with van der Waals surface area (Å²) < 4.78 is 0. The van der Waals surface area contributed by atoms with Crippen molar-refractivity contribution in [3.8, 4) is 0 Å². The minimum Gasteiger partial charge on any atom is -0.103 e. The molecule has 1 aliphatic carbocycles. The molecule has 0 spiro atoms. The molecule has 0 amide bonds. The molecule has 0 N–H and O–H groups in total. The Kier molecular flexibility index (Phi) is 8.51. The van der Waals surface area contributed by atoms with Crippen LogP contribution in [-0.4, -0.2) is 0 Å². The van der Waals surface area contributed by atoms with Crippen molar-refractivity contribution >= 4 is 0 Å². The van der Waals surface area contributed by atoms with E-state index in [1.165, 1.54) is 12.8 Å². The van der Waals surface area contributed by atoms with Crippen molar-refractivity contribution in [2.24, 2.45) is 5.41 Å². The minimum absolute atomic E-state index is 0.556. The molecule has 1 aliphatic rings. The monoisotopic (exact) mass is 142 g/mol. The molecule has 0 aromatic heterocycles.